The first-order chi connectivity index (χ1) is 12.3. The van der Waals surface area contributed by atoms with Gasteiger partial charge in [0.25, 0.3) is 10.0 Å². The minimum absolute atomic E-state index is 0.277. The summed E-state index contributed by atoms with van der Waals surface area (Å²) in [6, 6.07) is 14.5. The molecule has 1 aromatic carbocycles. The highest BCUT2D eigenvalue weighted by Gasteiger charge is 2.21. The molecule has 0 aliphatic rings. The topological polar surface area (TPSA) is 52.0 Å². The Balaban J connectivity index is 1.99. The van der Waals surface area contributed by atoms with E-state index in [1.807, 2.05) is 45.0 Å². The predicted octanol–water partition coefficient (Wildman–Crippen LogP) is 4.30. The van der Waals surface area contributed by atoms with E-state index in [9.17, 15) is 8.42 Å². The summed E-state index contributed by atoms with van der Waals surface area (Å²) in [7, 11) is -3.65. The van der Waals surface area contributed by atoms with Gasteiger partial charge in [-0.2, -0.15) is 0 Å². The first-order valence-electron chi connectivity index (χ1n) is 8.40. The third kappa shape index (κ3) is 3.48. The van der Waals surface area contributed by atoms with Crippen LogP contribution < -0.4 is 0 Å². The maximum absolute atomic E-state index is 13.1. The van der Waals surface area contributed by atoms with Crippen LogP contribution in [0.1, 0.15) is 28.2 Å². The summed E-state index contributed by atoms with van der Waals surface area (Å²) >= 11 is 0. The van der Waals surface area contributed by atoms with E-state index >= 15 is 0 Å². The van der Waals surface area contributed by atoms with Crippen molar-refractivity contribution in [2.75, 3.05) is 0 Å². The summed E-state index contributed by atoms with van der Waals surface area (Å²) in [6.45, 7) is 9.88. The molecule has 0 saturated carbocycles. The molecule has 0 radical (unpaired) electrons. The van der Waals surface area contributed by atoms with Crippen LogP contribution in [0.15, 0.2) is 66.2 Å². The van der Waals surface area contributed by atoms with Crippen LogP contribution in [-0.4, -0.2) is 17.4 Å². The van der Waals surface area contributed by atoms with Gasteiger partial charge in [-0.05, 0) is 62.2 Å². The quantitative estimate of drug-likeness (QED) is 0.676. The molecule has 0 amide bonds. The highest BCUT2D eigenvalue weighted by molar-refractivity contribution is 7.90. The molecular weight excluding hydrogens is 344 g/mol. The molecule has 26 heavy (non-hydrogen) atoms. The lowest BCUT2D eigenvalue weighted by atomic mass is 10.1. The number of nitrogens with zero attached hydrogens (tertiary/aromatic N) is 2. The van der Waals surface area contributed by atoms with Crippen molar-refractivity contribution in [2.24, 2.45) is 0 Å². The minimum Gasteiger partial charge on any atom is -0.253 e. The normalized spacial score (nSPS) is 11.5. The van der Waals surface area contributed by atoms with Gasteiger partial charge in [0.1, 0.15) is 0 Å². The molecule has 2 heterocycles. The van der Waals surface area contributed by atoms with Gasteiger partial charge in [0, 0.05) is 24.0 Å². The molecule has 3 rings (SSSR count). The van der Waals surface area contributed by atoms with Crippen LogP contribution in [0.2, 0.25) is 0 Å². The average Bonchev–Trinajstić information content (AvgIpc) is 2.96. The molecule has 2 aromatic heterocycles. The Morgan fingerprint density at radius 3 is 2.38 bits per heavy atom. The van der Waals surface area contributed by atoms with Crippen molar-refractivity contribution in [3.8, 4) is 0 Å². The zero-order chi connectivity index (χ0) is 18.9. The Hall–Kier alpha value is -2.66. The van der Waals surface area contributed by atoms with Crippen LogP contribution in [0.5, 0.6) is 0 Å². The van der Waals surface area contributed by atoms with Crippen molar-refractivity contribution in [1.29, 1.82) is 0 Å². The largest absolute Gasteiger partial charge is 0.267 e. The van der Waals surface area contributed by atoms with E-state index in [4.69, 9.17) is 0 Å². The number of aryl methyl sites for hydroxylation is 3. The smallest absolute Gasteiger partial charge is 0.253 e. The molecule has 0 N–H and O–H groups in total. The van der Waals surface area contributed by atoms with Gasteiger partial charge in [-0.3, -0.25) is 4.98 Å². The Kier molecular flexibility index (Phi) is 4.83. The van der Waals surface area contributed by atoms with Gasteiger partial charge in [-0.25, -0.2) is 12.4 Å². The Bertz CT molecular complexity index is 1060. The van der Waals surface area contributed by atoms with Gasteiger partial charge in [0.05, 0.1) is 10.6 Å². The number of hydrogen-bond donors (Lipinski definition) is 0. The second kappa shape index (κ2) is 6.92. The van der Waals surface area contributed by atoms with Crippen molar-refractivity contribution in [2.45, 2.75) is 32.1 Å². The van der Waals surface area contributed by atoms with Crippen LogP contribution in [0.3, 0.4) is 0 Å². The van der Waals surface area contributed by atoms with Gasteiger partial charge in [0.2, 0.25) is 0 Å². The Morgan fingerprint density at radius 2 is 1.73 bits per heavy atom. The fraction of sp³-hybridized carbons (Fsp3) is 0.190. The second-order valence-electron chi connectivity index (χ2n) is 6.50. The van der Waals surface area contributed by atoms with Crippen LogP contribution in [0.25, 0.3) is 5.57 Å². The van der Waals surface area contributed by atoms with Crippen molar-refractivity contribution in [1.82, 2.24) is 8.96 Å². The van der Waals surface area contributed by atoms with E-state index in [-0.39, 0.29) is 4.90 Å². The second-order valence-corrected chi connectivity index (χ2v) is 8.32. The molecule has 4 nitrogen and oxygen atoms in total. The van der Waals surface area contributed by atoms with Crippen molar-refractivity contribution in [3.05, 3.63) is 89.5 Å². The highest BCUT2D eigenvalue weighted by Crippen LogP contribution is 2.24. The molecule has 0 fully saturated rings. The fourth-order valence-electron chi connectivity index (χ4n) is 2.84. The minimum atomic E-state index is -3.65. The third-order valence-corrected chi connectivity index (χ3v) is 6.12. The van der Waals surface area contributed by atoms with Crippen molar-refractivity contribution < 1.29 is 8.42 Å². The molecule has 5 heteroatoms. The van der Waals surface area contributed by atoms with Gasteiger partial charge in [-0.15, -0.1) is 0 Å². The first kappa shape index (κ1) is 18.1. The summed E-state index contributed by atoms with van der Waals surface area (Å²) in [6.07, 6.45) is 2.02. The molecule has 134 valence electrons. The number of aromatic nitrogens is 2. The number of benzene rings is 1. The molecule has 0 atom stereocenters. The lowest BCUT2D eigenvalue weighted by Crippen LogP contribution is -2.15. The highest BCUT2D eigenvalue weighted by atomic mass is 32.2. The van der Waals surface area contributed by atoms with Crippen LogP contribution in [0.4, 0.5) is 0 Å². The maximum atomic E-state index is 13.1. The molecule has 0 unspecified atom stereocenters. The Labute approximate surface area is 154 Å². The molecule has 0 aliphatic heterocycles. The molecule has 0 bridgehead atoms. The monoisotopic (exact) mass is 366 g/mol. The van der Waals surface area contributed by atoms with Crippen LogP contribution in [0, 0.1) is 20.8 Å². The van der Waals surface area contributed by atoms with Crippen molar-refractivity contribution >= 4 is 15.6 Å². The summed E-state index contributed by atoms with van der Waals surface area (Å²) in [4.78, 5) is 4.76. The molecule has 0 aliphatic carbocycles. The summed E-state index contributed by atoms with van der Waals surface area (Å²) in [5.41, 5.74) is 5.11. The van der Waals surface area contributed by atoms with E-state index < -0.39 is 10.0 Å². The number of hydrogen-bond acceptors (Lipinski definition) is 3. The zero-order valence-corrected chi connectivity index (χ0v) is 16.0. The summed E-state index contributed by atoms with van der Waals surface area (Å²) in [5.74, 6) is 0. The fourth-order valence-corrected chi connectivity index (χ4v) is 4.27. The number of pyridine rings is 1. The van der Waals surface area contributed by atoms with Crippen molar-refractivity contribution in [3.63, 3.8) is 0 Å². The van der Waals surface area contributed by atoms with E-state index in [2.05, 4.69) is 11.6 Å². The van der Waals surface area contributed by atoms with Gasteiger partial charge in [-0.1, -0.05) is 30.3 Å². The first-order valence-corrected chi connectivity index (χ1v) is 9.84. The predicted molar refractivity (Wildman–Crippen MR) is 105 cm³/mol. The summed E-state index contributed by atoms with van der Waals surface area (Å²) in [5, 5.41) is 0. The lowest BCUT2D eigenvalue weighted by Gasteiger charge is -2.13. The van der Waals surface area contributed by atoms with Crippen LogP contribution >= 0.6 is 0 Å². The van der Waals surface area contributed by atoms with Gasteiger partial charge in [0.15, 0.2) is 0 Å². The summed E-state index contributed by atoms with van der Waals surface area (Å²) < 4.78 is 27.5. The van der Waals surface area contributed by atoms with E-state index in [0.29, 0.717) is 12.1 Å². The molecular formula is C21H22N2O2S. The molecule has 0 saturated heterocycles. The number of allylic oxidation sites excluding steroid dienone is 1. The Morgan fingerprint density at radius 1 is 1.04 bits per heavy atom. The van der Waals surface area contributed by atoms with Crippen LogP contribution in [-0.2, 0) is 16.4 Å². The third-order valence-electron chi connectivity index (χ3n) is 4.39. The van der Waals surface area contributed by atoms with E-state index in [0.717, 1.165) is 28.1 Å². The number of rotatable bonds is 5. The average molecular weight is 366 g/mol. The molecule has 3 aromatic rings. The SMILES string of the molecule is C=C(Cc1c(C)ccn1S(=O)(=O)c1ccc(C)cc1)c1cccc(C)n1. The van der Waals surface area contributed by atoms with Gasteiger partial charge >= 0.3 is 0 Å². The maximum Gasteiger partial charge on any atom is 0.267 e. The van der Waals surface area contributed by atoms with E-state index in [1.54, 1.807) is 30.5 Å². The lowest BCUT2D eigenvalue weighted by molar-refractivity contribution is 0.585. The molecule has 0 spiro atoms. The zero-order valence-electron chi connectivity index (χ0n) is 15.2. The van der Waals surface area contributed by atoms with Gasteiger partial charge < -0.3 is 0 Å². The standard InChI is InChI=1S/C21H22N2O2S/c1-15-8-10-19(11-9-15)26(24,25)23-13-12-16(2)21(23)14-17(3)20-7-5-6-18(4)22-20/h5-13H,3,14H2,1-2,4H3. The van der Waals surface area contributed by atoms with E-state index in [1.165, 1.54) is 3.97 Å².